The Bertz CT molecular complexity index is 3590. The SMILES string of the molecule is CC1(C)c2ccccc2-c2ccc(-c3cc(-c4ccc(-c5ccc(N(c6ccc(-c7ccc(-c8ccccc8)cc7)cc6)c6cccc7ccccc67)cc5)cc4)nc(-c4ccccc4)n3)cc21. The second-order valence-corrected chi connectivity index (χ2v) is 18.2. The molecular weight excluding hydrogens is 823 g/mol. The number of anilines is 3. The number of aromatic nitrogens is 2. The minimum absolute atomic E-state index is 0.106. The van der Waals surface area contributed by atoms with Crippen LogP contribution in [0.1, 0.15) is 25.0 Å². The van der Waals surface area contributed by atoms with Crippen molar-refractivity contribution in [2.45, 2.75) is 19.3 Å². The minimum atomic E-state index is -0.106. The Morgan fingerprint density at radius 2 is 0.765 bits per heavy atom. The third kappa shape index (κ3) is 7.45. The number of nitrogens with zero attached hydrogens (tertiary/aromatic N) is 3. The van der Waals surface area contributed by atoms with Crippen LogP contribution < -0.4 is 4.90 Å². The fourth-order valence-electron chi connectivity index (χ4n) is 10.1. The molecule has 0 radical (unpaired) electrons. The molecule has 11 aromatic rings. The van der Waals surface area contributed by atoms with Crippen molar-refractivity contribution in [3.8, 4) is 78.4 Å². The topological polar surface area (TPSA) is 29.0 Å². The van der Waals surface area contributed by atoms with Crippen LogP contribution in [-0.4, -0.2) is 9.97 Å². The van der Waals surface area contributed by atoms with Gasteiger partial charge in [0.25, 0.3) is 0 Å². The van der Waals surface area contributed by atoms with Crippen molar-refractivity contribution in [2.24, 2.45) is 0 Å². The van der Waals surface area contributed by atoms with E-state index in [1.54, 1.807) is 0 Å². The van der Waals surface area contributed by atoms with Gasteiger partial charge in [-0.05, 0) is 103 Å². The van der Waals surface area contributed by atoms with E-state index in [9.17, 15) is 0 Å². The van der Waals surface area contributed by atoms with E-state index in [2.05, 4.69) is 249 Å². The molecule has 0 saturated carbocycles. The Labute approximate surface area is 398 Å². The maximum atomic E-state index is 5.19. The van der Waals surface area contributed by atoms with Crippen LogP contribution >= 0.6 is 0 Å². The fraction of sp³-hybridized carbons (Fsp3) is 0.0462. The summed E-state index contributed by atoms with van der Waals surface area (Å²) in [4.78, 5) is 12.7. The van der Waals surface area contributed by atoms with E-state index in [4.69, 9.17) is 9.97 Å². The molecule has 3 heteroatoms. The zero-order valence-corrected chi connectivity index (χ0v) is 38.0. The van der Waals surface area contributed by atoms with Crippen LogP contribution in [0.15, 0.2) is 249 Å². The third-order valence-corrected chi connectivity index (χ3v) is 13.7. The van der Waals surface area contributed by atoms with Crippen molar-refractivity contribution in [2.75, 3.05) is 4.90 Å². The Hall–Kier alpha value is -8.66. The van der Waals surface area contributed by atoms with Gasteiger partial charge in [0.2, 0.25) is 0 Å². The monoisotopic (exact) mass is 869 g/mol. The average Bonchev–Trinajstić information content (AvgIpc) is 3.64. The van der Waals surface area contributed by atoms with E-state index in [-0.39, 0.29) is 5.41 Å². The van der Waals surface area contributed by atoms with E-state index in [0.717, 1.165) is 56.3 Å². The van der Waals surface area contributed by atoms with Gasteiger partial charge in [0.05, 0.1) is 17.1 Å². The summed E-state index contributed by atoms with van der Waals surface area (Å²) in [6.45, 7) is 4.65. The second kappa shape index (κ2) is 17.0. The summed E-state index contributed by atoms with van der Waals surface area (Å²) in [5.41, 5.74) is 20.5. The molecule has 1 aliphatic rings. The zero-order chi connectivity index (χ0) is 45.6. The smallest absolute Gasteiger partial charge is 0.160 e. The Morgan fingerprint density at radius 3 is 1.38 bits per heavy atom. The molecule has 0 aliphatic heterocycles. The normalized spacial score (nSPS) is 12.4. The molecule has 12 rings (SSSR count). The van der Waals surface area contributed by atoms with Gasteiger partial charge in [-0.2, -0.15) is 0 Å². The number of rotatable bonds is 9. The summed E-state index contributed by atoms with van der Waals surface area (Å²) in [6, 6.07) is 89.3. The van der Waals surface area contributed by atoms with Gasteiger partial charge in [0.15, 0.2) is 5.82 Å². The lowest BCUT2D eigenvalue weighted by molar-refractivity contribution is 0.660. The van der Waals surface area contributed by atoms with Crippen LogP contribution in [0.3, 0.4) is 0 Å². The third-order valence-electron chi connectivity index (χ3n) is 13.7. The second-order valence-electron chi connectivity index (χ2n) is 18.2. The fourth-order valence-corrected chi connectivity index (χ4v) is 10.1. The highest BCUT2D eigenvalue weighted by Gasteiger charge is 2.35. The van der Waals surface area contributed by atoms with E-state index >= 15 is 0 Å². The highest BCUT2D eigenvalue weighted by molar-refractivity contribution is 5.99. The summed E-state index contributed by atoms with van der Waals surface area (Å²) in [7, 11) is 0. The molecule has 1 aliphatic carbocycles. The zero-order valence-electron chi connectivity index (χ0n) is 38.0. The molecule has 0 spiro atoms. The molecule has 10 aromatic carbocycles. The van der Waals surface area contributed by atoms with Crippen molar-refractivity contribution < 1.29 is 0 Å². The van der Waals surface area contributed by atoms with E-state index < -0.39 is 0 Å². The van der Waals surface area contributed by atoms with Crippen molar-refractivity contribution >= 4 is 27.8 Å². The van der Waals surface area contributed by atoms with Gasteiger partial charge in [-0.15, -0.1) is 0 Å². The number of fused-ring (bicyclic) bond motifs is 4. The molecule has 0 bridgehead atoms. The molecule has 0 saturated heterocycles. The summed E-state index contributed by atoms with van der Waals surface area (Å²) < 4.78 is 0. The molecule has 1 aromatic heterocycles. The molecule has 3 nitrogen and oxygen atoms in total. The highest BCUT2D eigenvalue weighted by atomic mass is 15.1. The molecule has 68 heavy (non-hydrogen) atoms. The van der Waals surface area contributed by atoms with Crippen molar-refractivity contribution in [1.82, 2.24) is 9.97 Å². The molecule has 0 amide bonds. The summed E-state index contributed by atoms with van der Waals surface area (Å²) in [5.74, 6) is 0.712. The first-order valence-electron chi connectivity index (χ1n) is 23.4. The van der Waals surface area contributed by atoms with Crippen LogP contribution in [0.5, 0.6) is 0 Å². The Kier molecular flexibility index (Phi) is 10.2. The predicted molar refractivity (Wildman–Crippen MR) is 284 cm³/mol. The predicted octanol–water partition coefficient (Wildman–Crippen LogP) is 17.4. The highest BCUT2D eigenvalue weighted by Crippen LogP contribution is 2.49. The van der Waals surface area contributed by atoms with Gasteiger partial charge in [-0.1, -0.05) is 220 Å². The first kappa shape index (κ1) is 40.8. The molecular formula is C65H47N3. The van der Waals surface area contributed by atoms with Gasteiger partial charge in [0.1, 0.15) is 0 Å². The first-order valence-corrected chi connectivity index (χ1v) is 23.4. The van der Waals surface area contributed by atoms with Gasteiger partial charge in [0, 0.05) is 38.9 Å². The van der Waals surface area contributed by atoms with Crippen molar-refractivity contribution in [1.29, 1.82) is 0 Å². The van der Waals surface area contributed by atoms with Gasteiger partial charge < -0.3 is 4.90 Å². The lowest BCUT2D eigenvalue weighted by Crippen LogP contribution is -2.14. The number of hydrogen-bond donors (Lipinski definition) is 0. The molecule has 322 valence electrons. The van der Waals surface area contributed by atoms with Crippen molar-refractivity contribution in [3.05, 3.63) is 260 Å². The molecule has 0 atom stereocenters. The standard InChI is InChI=1S/C65H47N3/c1-65(2)59-22-12-11-21-57(59)58-41-36-53(42-60(58)65)62-43-61(66-64(67-62)52-17-7-4-8-18-52)51-30-28-47(29-31-51)49-34-39-55(40-35-49)68(63-23-13-19-50-16-9-10-20-56(50)63)54-37-32-48(33-38-54)46-26-24-45(25-27-46)44-14-5-3-6-15-44/h3-43H,1-2H3. The average molecular weight is 870 g/mol. The van der Waals surface area contributed by atoms with Crippen LogP contribution in [-0.2, 0) is 5.41 Å². The van der Waals surface area contributed by atoms with E-state index in [1.807, 2.05) is 18.2 Å². The van der Waals surface area contributed by atoms with Crippen molar-refractivity contribution in [3.63, 3.8) is 0 Å². The lowest BCUT2D eigenvalue weighted by Gasteiger charge is -2.27. The summed E-state index contributed by atoms with van der Waals surface area (Å²) in [6.07, 6.45) is 0. The maximum absolute atomic E-state index is 5.19. The van der Waals surface area contributed by atoms with E-state index in [0.29, 0.717) is 5.82 Å². The van der Waals surface area contributed by atoms with Crippen LogP contribution in [0, 0.1) is 0 Å². The summed E-state index contributed by atoms with van der Waals surface area (Å²) >= 11 is 0. The molecule has 1 heterocycles. The van der Waals surface area contributed by atoms with E-state index in [1.165, 1.54) is 55.3 Å². The first-order chi connectivity index (χ1) is 33.4. The van der Waals surface area contributed by atoms with Crippen LogP contribution in [0.4, 0.5) is 17.1 Å². The molecule has 0 N–H and O–H groups in total. The quantitative estimate of drug-likeness (QED) is 0.145. The molecule has 0 fully saturated rings. The largest absolute Gasteiger partial charge is 0.310 e. The van der Waals surface area contributed by atoms with Crippen LogP contribution in [0.25, 0.3) is 89.2 Å². The van der Waals surface area contributed by atoms with Gasteiger partial charge >= 0.3 is 0 Å². The Balaban J connectivity index is 0.862. The number of hydrogen-bond acceptors (Lipinski definition) is 3. The Morgan fingerprint density at radius 1 is 0.324 bits per heavy atom. The van der Waals surface area contributed by atoms with Gasteiger partial charge in [-0.3, -0.25) is 0 Å². The van der Waals surface area contributed by atoms with Crippen LogP contribution in [0.2, 0.25) is 0 Å². The number of benzene rings is 10. The minimum Gasteiger partial charge on any atom is -0.310 e. The summed E-state index contributed by atoms with van der Waals surface area (Å²) in [5, 5.41) is 2.40. The van der Waals surface area contributed by atoms with Gasteiger partial charge in [-0.25, -0.2) is 9.97 Å². The lowest BCUT2D eigenvalue weighted by atomic mass is 9.82. The maximum Gasteiger partial charge on any atom is 0.160 e. The molecule has 0 unspecified atom stereocenters.